The van der Waals surface area contributed by atoms with Crippen molar-refractivity contribution in [3.05, 3.63) is 88.2 Å². The summed E-state index contributed by atoms with van der Waals surface area (Å²) in [5.74, 6) is -0.447. The second-order valence-electron chi connectivity index (χ2n) is 10.4. The average molecular weight is 549 g/mol. The van der Waals surface area contributed by atoms with Crippen LogP contribution in [-0.2, 0) is 16.9 Å². The van der Waals surface area contributed by atoms with Gasteiger partial charge in [-0.25, -0.2) is 0 Å². The maximum Gasteiger partial charge on any atom is 0.255 e. The van der Waals surface area contributed by atoms with Gasteiger partial charge in [-0.15, -0.1) is 0 Å². The van der Waals surface area contributed by atoms with E-state index in [1.165, 1.54) is 6.92 Å². The van der Waals surface area contributed by atoms with Crippen LogP contribution in [0, 0.1) is 12.8 Å². The number of carbonyl (C=O) groups excluding carboxylic acids is 2. The SMILES string of the molecule is CC(=O)NCCC[C@@](O)(c1cccc(Cl)c1-c1cccc(C)c1)C1CCCN(C(=O)c2ccc(CN)nc2)C1. The van der Waals surface area contributed by atoms with Gasteiger partial charge in [0.15, 0.2) is 0 Å². The fourth-order valence-corrected chi connectivity index (χ4v) is 5.85. The highest BCUT2D eigenvalue weighted by Crippen LogP contribution is 2.45. The van der Waals surface area contributed by atoms with Gasteiger partial charge in [-0.1, -0.05) is 53.6 Å². The molecule has 7 nitrogen and oxygen atoms in total. The second kappa shape index (κ2) is 12.7. The van der Waals surface area contributed by atoms with Crippen molar-refractivity contribution in [2.75, 3.05) is 19.6 Å². The number of amides is 2. The number of aliphatic hydroxyl groups is 1. The van der Waals surface area contributed by atoms with Crippen LogP contribution < -0.4 is 11.1 Å². The third kappa shape index (κ3) is 6.67. The number of piperidine rings is 1. The van der Waals surface area contributed by atoms with Crippen molar-refractivity contribution in [3.63, 3.8) is 0 Å². The van der Waals surface area contributed by atoms with E-state index in [0.29, 0.717) is 49.6 Å². The summed E-state index contributed by atoms with van der Waals surface area (Å²) >= 11 is 6.80. The minimum absolute atomic E-state index is 0.106. The fraction of sp³-hybridized carbons (Fsp3) is 0.387. The summed E-state index contributed by atoms with van der Waals surface area (Å²) in [6.07, 6.45) is 4.07. The molecule has 2 atom stereocenters. The monoisotopic (exact) mass is 548 g/mol. The smallest absolute Gasteiger partial charge is 0.255 e. The molecule has 3 aromatic rings. The number of nitrogens with two attached hydrogens (primary N) is 1. The number of aryl methyl sites for hydroxylation is 1. The van der Waals surface area contributed by atoms with Gasteiger partial charge in [0.25, 0.3) is 5.91 Å². The minimum Gasteiger partial charge on any atom is -0.385 e. The zero-order chi connectivity index (χ0) is 28.0. The van der Waals surface area contributed by atoms with Gasteiger partial charge in [-0.2, -0.15) is 0 Å². The quantitative estimate of drug-likeness (QED) is 0.332. The molecule has 4 N–H and O–H groups in total. The highest BCUT2D eigenvalue weighted by Gasteiger charge is 2.43. The van der Waals surface area contributed by atoms with Crippen molar-refractivity contribution in [2.24, 2.45) is 11.7 Å². The Labute approximate surface area is 235 Å². The predicted molar refractivity (Wildman–Crippen MR) is 154 cm³/mol. The van der Waals surface area contributed by atoms with Gasteiger partial charge in [-0.3, -0.25) is 14.6 Å². The van der Waals surface area contributed by atoms with Crippen LogP contribution >= 0.6 is 11.6 Å². The molecule has 2 aromatic carbocycles. The van der Waals surface area contributed by atoms with Crippen molar-refractivity contribution < 1.29 is 14.7 Å². The summed E-state index contributed by atoms with van der Waals surface area (Å²) in [4.78, 5) is 31.0. The maximum absolute atomic E-state index is 13.4. The van der Waals surface area contributed by atoms with Crippen molar-refractivity contribution in [2.45, 2.75) is 51.7 Å². The van der Waals surface area contributed by atoms with E-state index in [1.807, 2.05) is 48.2 Å². The van der Waals surface area contributed by atoms with Crippen LogP contribution in [0.4, 0.5) is 0 Å². The summed E-state index contributed by atoms with van der Waals surface area (Å²) in [5, 5.41) is 16.0. The Balaban J connectivity index is 1.70. The van der Waals surface area contributed by atoms with Gasteiger partial charge in [-0.05, 0) is 61.9 Å². The number of likely N-dealkylation sites (tertiary alicyclic amines) is 1. The summed E-state index contributed by atoms with van der Waals surface area (Å²) in [6, 6.07) is 17.3. The van der Waals surface area contributed by atoms with E-state index in [9.17, 15) is 14.7 Å². The molecule has 1 fully saturated rings. The van der Waals surface area contributed by atoms with Gasteiger partial charge in [0.05, 0.1) is 16.9 Å². The molecule has 0 aliphatic carbocycles. The molecule has 8 heteroatoms. The molecule has 0 saturated carbocycles. The first-order valence-electron chi connectivity index (χ1n) is 13.5. The highest BCUT2D eigenvalue weighted by atomic mass is 35.5. The van der Waals surface area contributed by atoms with Crippen molar-refractivity contribution >= 4 is 23.4 Å². The molecule has 0 bridgehead atoms. The van der Waals surface area contributed by atoms with Gasteiger partial charge in [0.1, 0.15) is 0 Å². The molecule has 1 unspecified atom stereocenters. The largest absolute Gasteiger partial charge is 0.385 e. The summed E-state index contributed by atoms with van der Waals surface area (Å²) in [6.45, 7) is 5.28. The molecule has 206 valence electrons. The molecule has 1 aliphatic rings. The number of benzene rings is 2. The molecule has 4 rings (SSSR count). The molecule has 2 heterocycles. The predicted octanol–water partition coefficient (Wildman–Crippen LogP) is 4.83. The number of rotatable bonds is 9. The molecule has 2 amide bonds. The first-order valence-corrected chi connectivity index (χ1v) is 13.9. The third-order valence-electron chi connectivity index (χ3n) is 7.56. The molecule has 0 spiro atoms. The number of nitrogens with one attached hydrogen (secondary N) is 1. The van der Waals surface area contributed by atoms with Crippen molar-refractivity contribution in [3.8, 4) is 11.1 Å². The normalized spacial score (nSPS) is 16.9. The maximum atomic E-state index is 13.4. The van der Waals surface area contributed by atoms with E-state index in [4.69, 9.17) is 17.3 Å². The third-order valence-corrected chi connectivity index (χ3v) is 7.88. The highest BCUT2D eigenvalue weighted by molar-refractivity contribution is 6.33. The first kappa shape index (κ1) is 28.7. The van der Waals surface area contributed by atoms with Crippen LogP contribution in [0.15, 0.2) is 60.8 Å². The van der Waals surface area contributed by atoms with Crippen LogP contribution in [0.3, 0.4) is 0 Å². The first-order chi connectivity index (χ1) is 18.7. The fourth-order valence-electron chi connectivity index (χ4n) is 5.57. The second-order valence-corrected chi connectivity index (χ2v) is 10.8. The van der Waals surface area contributed by atoms with E-state index in [-0.39, 0.29) is 17.7 Å². The molecule has 1 aromatic heterocycles. The van der Waals surface area contributed by atoms with Crippen molar-refractivity contribution in [1.29, 1.82) is 0 Å². The van der Waals surface area contributed by atoms with Gasteiger partial charge in [0, 0.05) is 55.8 Å². The van der Waals surface area contributed by atoms with Crippen LogP contribution in [-0.4, -0.2) is 46.4 Å². The Morgan fingerprint density at radius 2 is 2.00 bits per heavy atom. The van der Waals surface area contributed by atoms with E-state index >= 15 is 0 Å². The Hall–Kier alpha value is -3.26. The van der Waals surface area contributed by atoms with E-state index in [1.54, 1.807) is 18.3 Å². The Kier molecular flexibility index (Phi) is 9.38. The lowest BCUT2D eigenvalue weighted by molar-refractivity contribution is -0.119. The van der Waals surface area contributed by atoms with E-state index < -0.39 is 5.60 Å². The molecule has 1 aliphatic heterocycles. The van der Waals surface area contributed by atoms with Crippen LogP contribution in [0.5, 0.6) is 0 Å². The zero-order valence-corrected chi connectivity index (χ0v) is 23.4. The Morgan fingerprint density at radius 3 is 2.69 bits per heavy atom. The number of pyridine rings is 1. The summed E-state index contributed by atoms with van der Waals surface area (Å²) in [5.41, 5.74) is 9.19. The number of nitrogens with zero attached hydrogens (tertiary/aromatic N) is 2. The lowest BCUT2D eigenvalue weighted by Gasteiger charge is -2.44. The average Bonchev–Trinajstić information content (AvgIpc) is 2.94. The van der Waals surface area contributed by atoms with E-state index in [2.05, 4.69) is 16.4 Å². The van der Waals surface area contributed by atoms with Crippen LogP contribution in [0.1, 0.15) is 59.8 Å². The minimum atomic E-state index is -1.27. The van der Waals surface area contributed by atoms with Gasteiger partial charge < -0.3 is 21.1 Å². The number of aromatic nitrogens is 1. The topological polar surface area (TPSA) is 109 Å². The summed E-state index contributed by atoms with van der Waals surface area (Å²) < 4.78 is 0. The standard InChI is InChI=1S/C31H37ClN4O3/c1-21-7-3-8-23(17-21)29-27(10-4-11-28(29)32)31(39,14-6-15-34-22(2)37)25-9-5-16-36(20-25)30(38)24-12-13-26(18-33)35-19-24/h3-4,7-8,10-13,17,19,25,39H,5-6,9,14-16,18,20,33H2,1-2H3,(H,34,37)/t25?,31-/m0/s1. The zero-order valence-electron chi connectivity index (χ0n) is 22.6. The number of hydrogen-bond donors (Lipinski definition) is 3. The number of carbonyl (C=O) groups is 2. The molecule has 0 radical (unpaired) electrons. The molecule has 39 heavy (non-hydrogen) atoms. The lowest BCUT2D eigenvalue weighted by Crippen LogP contribution is -2.48. The van der Waals surface area contributed by atoms with Crippen LogP contribution in [0.2, 0.25) is 5.02 Å². The number of halogens is 1. The molecule has 1 saturated heterocycles. The Bertz CT molecular complexity index is 1310. The van der Waals surface area contributed by atoms with E-state index in [0.717, 1.165) is 40.8 Å². The summed E-state index contributed by atoms with van der Waals surface area (Å²) in [7, 11) is 0. The lowest BCUT2D eigenvalue weighted by atomic mass is 9.72. The molecular formula is C31H37ClN4O3. The van der Waals surface area contributed by atoms with Crippen LogP contribution in [0.25, 0.3) is 11.1 Å². The van der Waals surface area contributed by atoms with Gasteiger partial charge >= 0.3 is 0 Å². The van der Waals surface area contributed by atoms with Crippen molar-refractivity contribution in [1.82, 2.24) is 15.2 Å². The van der Waals surface area contributed by atoms with Gasteiger partial charge in [0.2, 0.25) is 5.91 Å². The number of hydrogen-bond acceptors (Lipinski definition) is 5. The molecular weight excluding hydrogens is 512 g/mol. The Morgan fingerprint density at radius 1 is 1.21 bits per heavy atom.